The molecule has 1 N–H and O–H groups in total. The van der Waals surface area contributed by atoms with Gasteiger partial charge in [-0.3, -0.25) is 0 Å². The van der Waals surface area contributed by atoms with E-state index in [1.54, 1.807) is 20.8 Å². The number of carbonyl (C=O) groups excluding carboxylic acids is 1. The molecule has 1 aromatic carbocycles. The molecular weight excluding hydrogens is 445 g/mol. The van der Waals surface area contributed by atoms with E-state index < -0.39 is 44.7 Å². The van der Waals surface area contributed by atoms with E-state index in [9.17, 15) is 31.5 Å². The lowest BCUT2D eigenvalue weighted by atomic mass is 9.89. The van der Waals surface area contributed by atoms with E-state index in [1.807, 2.05) is 0 Å². The Morgan fingerprint density at radius 3 is 2.35 bits per heavy atom. The summed E-state index contributed by atoms with van der Waals surface area (Å²) < 4.78 is 81.2. The van der Waals surface area contributed by atoms with Gasteiger partial charge in [-0.05, 0) is 52.7 Å². The van der Waals surface area contributed by atoms with Gasteiger partial charge in [-0.2, -0.15) is 21.6 Å². The number of hydrogen-bond acceptors (Lipinski definition) is 8. The molecule has 2 rings (SSSR count). The van der Waals surface area contributed by atoms with E-state index in [0.717, 1.165) is 6.07 Å². The van der Waals surface area contributed by atoms with Crippen molar-refractivity contribution in [3.8, 4) is 11.5 Å². The third-order valence-electron chi connectivity index (χ3n) is 4.48. The molecule has 0 radical (unpaired) electrons. The van der Waals surface area contributed by atoms with E-state index in [1.165, 1.54) is 20.1 Å². The van der Waals surface area contributed by atoms with Gasteiger partial charge < -0.3 is 23.5 Å². The van der Waals surface area contributed by atoms with Gasteiger partial charge in [0.1, 0.15) is 23.2 Å². The van der Waals surface area contributed by atoms with Crippen molar-refractivity contribution in [1.82, 2.24) is 0 Å². The van der Waals surface area contributed by atoms with Crippen LogP contribution in [0.2, 0.25) is 0 Å². The first-order valence-electron chi connectivity index (χ1n) is 9.26. The van der Waals surface area contributed by atoms with Crippen LogP contribution in [0.25, 0.3) is 0 Å². The van der Waals surface area contributed by atoms with Gasteiger partial charge in [0.15, 0.2) is 5.60 Å². The maximum Gasteiger partial charge on any atom is 0.534 e. The third kappa shape index (κ3) is 5.60. The second-order valence-electron chi connectivity index (χ2n) is 8.23. The van der Waals surface area contributed by atoms with Crippen molar-refractivity contribution in [2.75, 3.05) is 7.11 Å². The molecule has 0 aliphatic carbocycles. The number of hydrogen-bond donors (Lipinski definition) is 1. The van der Waals surface area contributed by atoms with Crippen LogP contribution in [0.3, 0.4) is 0 Å². The van der Waals surface area contributed by atoms with Gasteiger partial charge in [-0.25, -0.2) is 4.79 Å². The molecule has 0 bridgehead atoms. The van der Waals surface area contributed by atoms with Crippen molar-refractivity contribution in [3.05, 3.63) is 23.3 Å². The van der Waals surface area contributed by atoms with E-state index >= 15 is 0 Å². The second kappa shape index (κ2) is 8.47. The number of rotatable bonds is 6. The summed E-state index contributed by atoms with van der Waals surface area (Å²) >= 11 is 0. The zero-order chi connectivity index (χ0) is 23.8. The molecule has 1 aliphatic rings. The molecule has 0 saturated carbocycles. The summed E-state index contributed by atoms with van der Waals surface area (Å²) in [5.41, 5.74) is -8.02. The third-order valence-corrected chi connectivity index (χ3v) is 5.45. The standard InChI is InChI=1S/C19H25F3O8S/c1-17(2,3)29-16(23)18(4,24)15-9-6-11-12(10-27-5)14(8-7-13(11)28-15)30-31(25,26)19(20,21)22/h7-8,15,24H,6,9-10H2,1-5H3/t15-,18+/m1/s1. The van der Waals surface area contributed by atoms with Crippen molar-refractivity contribution in [3.63, 3.8) is 0 Å². The Kier molecular flexibility index (Phi) is 6.89. The minimum atomic E-state index is -5.88. The average molecular weight is 470 g/mol. The molecule has 0 unspecified atom stereocenters. The number of halogens is 3. The minimum Gasteiger partial charge on any atom is -0.486 e. The number of esters is 1. The summed E-state index contributed by atoms with van der Waals surface area (Å²) in [5.74, 6) is -1.27. The summed E-state index contributed by atoms with van der Waals surface area (Å²) in [6.45, 7) is 5.94. The monoisotopic (exact) mass is 470 g/mol. The SMILES string of the molecule is COCc1c(OS(=O)(=O)C(F)(F)F)ccc2c1CC[C@H]([C@](C)(O)C(=O)OC(C)(C)C)O2. The summed E-state index contributed by atoms with van der Waals surface area (Å²) in [6.07, 6.45) is -0.747. The predicted molar refractivity (Wildman–Crippen MR) is 102 cm³/mol. The minimum absolute atomic E-state index is 0.0585. The molecule has 31 heavy (non-hydrogen) atoms. The molecule has 0 fully saturated rings. The maximum atomic E-state index is 12.7. The van der Waals surface area contributed by atoms with E-state index in [4.69, 9.17) is 14.2 Å². The van der Waals surface area contributed by atoms with Gasteiger partial charge in [0.25, 0.3) is 0 Å². The highest BCUT2D eigenvalue weighted by Gasteiger charge is 2.49. The molecule has 1 aromatic rings. The molecule has 1 aliphatic heterocycles. The molecule has 0 saturated heterocycles. The zero-order valence-corrected chi connectivity index (χ0v) is 18.5. The van der Waals surface area contributed by atoms with Crippen LogP contribution in [-0.2, 0) is 37.4 Å². The Labute approximate surface area is 178 Å². The Hall–Kier alpha value is -2.05. The summed E-state index contributed by atoms with van der Waals surface area (Å²) in [5, 5.41) is 10.7. The molecule has 8 nitrogen and oxygen atoms in total. The normalized spacial score (nSPS) is 19.1. The summed E-state index contributed by atoms with van der Waals surface area (Å²) in [6, 6.07) is 2.22. The maximum absolute atomic E-state index is 12.7. The van der Waals surface area contributed by atoms with Crippen LogP contribution in [0, 0.1) is 0 Å². The fourth-order valence-corrected chi connectivity index (χ4v) is 3.46. The van der Waals surface area contributed by atoms with Gasteiger partial charge >= 0.3 is 21.6 Å². The van der Waals surface area contributed by atoms with Crippen molar-refractivity contribution in [1.29, 1.82) is 0 Å². The van der Waals surface area contributed by atoms with Crippen molar-refractivity contribution in [2.45, 2.75) is 70.0 Å². The Balaban J connectivity index is 2.36. The smallest absolute Gasteiger partial charge is 0.486 e. The lowest BCUT2D eigenvalue weighted by molar-refractivity contribution is -0.185. The number of aliphatic hydroxyl groups is 1. The van der Waals surface area contributed by atoms with Crippen LogP contribution in [0.1, 0.15) is 45.2 Å². The van der Waals surface area contributed by atoms with E-state index in [-0.39, 0.29) is 30.8 Å². The van der Waals surface area contributed by atoms with Gasteiger partial charge in [0, 0.05) is 18.2 Å². The van der Waals surface area contributed by atoms with Gasteiger partial charge in [0.05, 0.1) is 6.61 Å². The van der Waals surface area contributed by atoms with Gasteiger partial charge in [0.2, 0.25) is 0 Å². The van der Waals surface area contributed by atoms with Crippen LogP contribution in [0.15, 0.2) is 12.1 Å². The first-order valence-corrected chi connectivity index (χ1v) is 10.7. The van der Waals surface area contributed by atoms with Crippen LogP contribution in [0.5, 0.6) is 11.5 Å². The molecule has 176 valence electrons. The molecular formula is C19H25F3O8S. The fraction of sp³-hybridized carbons (Fsp3) is 0.632. The highest BCUT2D eigenvalue weighted by atomic mass is 32.2. The number of fused-ring (bicyclic) bond motifs is 1. The highest BCUT2D eigenvalue weighted by Crippen LogP contribution is 2.40. The Morgan fingerprint density at radius 2 is 1.84 bits per heavy atom. The van der Waals surface area contributed by atoms with Crippen LogP contribution in [-0.4, -0.2) is 49.4 Å². The number of benzene rings is 1. The van der Waals surface area contributed by atoms with Gasteiger partial charge in [-0.1, -0.05) is 0 Å². The number of methoxy groups -OCH3 is 1. The van der Waals surface area contributed by atoms with E-state index in [2.05, 4.69) is 4.18 Å². The topological polar surface area (TPSA) is 108 Å². The molecule has 1 heterocycles. The first-order chi connectivity index (χ1) is 14.0. The zero-order valence-electron chi connectivity index (χ0n) is 17.7. The lowest BCUT2D eigenvalue weighted by Gasteiger charge is -2.37. The molecule has 2 atom stereocenters. The number of alkyl halides is 3. The van der Waals surface area contributed by atoms with Crippen LogP contribution in [0.4, 0.5) is 13.2 Å². The predicted octanol–water partition coefficient (Wildman–Crippen LogP) is 2.85. The van der Waals surface area contributed by atoms with Crippen molar-refractivity contribution >= 4 is 16.1 Å². The van der Waals surface area contributed by atoms with E-state index in [0.29, 0.717) is 5.56 Å². The molecule has 0 aromatic heterocycles. The van der Waals surface area contributed by atoms with Gasteiger partial charge in [-0.15, -0.1) is 0 Å². The number of ether oxygens (including phenoxy) is 3. The Bertz CT molecular complexity index is 933. The molecule has 12 heteroatoms. The summed E-state index contributed by atoms with van der Waals surface area (Å²) in [4.78, 5) is 12.4. The molecule has 0 amide bonds. The summed E-state index contributed by atoms with van der Waals surface area (Å²) in [7, 11) is -4.60. The fourth-order valence-electron chi connectivity index (χ4n) is 2.98. The first kappa shape index (κ1) is 25.2. The quantitative estimate of drug-likeness (QED) is 0.384. The van der Waals surface area contributed by atoms with Crippen LogP contribution >= 0.6 is 0 Å². The lowest BCUT2D eigenvalue weighted by Crippen LogP contribution is -2.53. The largest absolute Gasteiger partial charge is 0.534 e. The Morgan fingerprint density at radius 1 is 1.23 bits per heavy atom. The van der Waals surface area contributed by atoms with Crippen molar-refractivity contribution in [2.24, 2.45) is 0 Å². The van der Waals surface area contributed by atoms with Crippen molar-refractivity contribution < 1.29 is 49.9 Å². The number of carbonyl (C=O) groups is 1. The average Bonchev–Trinajstić information content (AvgIpc) is 2.60. The second-order valence-corrected chi connectivity index (χ2v) is 9.77. The van der Waals surface area contributed by atoms with Crippen LogP contribution < -0.4 is 8.92 Å². The molecule has 0 spiro atoms. The highest BCUT2D eigenvalue weighted by molar-refractivity contribution is 7.88.